The van der Waals surface area contributed by atoms with Crippen LogP contribution in [0.4, 0.5) is 4.39 Å². The number of hydrogen-bond acceptors (Lipinski definition) is 3. The van der Waals surface area contributed by atoms with Gasteiger partial charge in [0.15, 0.2) is 0 Å². The van der Waals surface area contributed by atoms with Crippen LogP contribution >= 0.6 is 15.9 Å². The fourth-order valence-corrected chi connectivity index (χ4v) is 1.89. The average molecular weight is 336 g/mol. The van der Waals surface area contributed by atoms with Gasteiger partial charge in [-0.25, -0.2) is 4.39 Å². The standard InChI is InChI=1S/C15H11BrFNO2/c16-14-6-3-12(17)9-15(14)20-8-7-19-13-4-1-11(10-18)2-5-13/h1-6,9H,7-8H2. The minimum absolute atomic E-state index is 0.294. The zero-order valence-corrected chi connectivity index (χ0v) is 12.1. The Morgan fingerprint density at radius 1 is 1.05 bits per heavy atom. The van der Waals surface area contributed by atoms with E-state index in [4.69, 9.17) is 14.7 Å². The summed E-state index contributed by atoms with van der Waals surface area (Å²) in [5, 5.41) is 8.67. The quantitative estimate of drug-likeness (QED) is 0.778. The highest BCUT2D eigenvalue weighted by Crippen LogP contribution is 2.25. The molecule has 2 aromatic rings. The Morgan fingerprint density at radius 2 is 1.75 bits per heavy atom. The van der Waals surface area contributed by atoms with Gasteiger partial charge in [0.2, 0.25) is 0 Å². The Hall–Kier alpha value is -2.06. The zero-order chi connectivity index (χ0) is 14.4. The Bertz CT molecular complexity index is 623. The van der Waals surface area contributed by atoms with E-state index in [1.807, 2.05) is 6.07 Å². The third kappa shape index (κ3) is 3.97. The van der Waals surface area contributed by atoms with Crippen molar-refractivity contribution in [2.75, 3.05) is 13.2 Å². The molecule has 2 rings (SSSR count). The van der Waals surface area contributed by atoms with Crippen LogP contribution < -0.4 is 9.47 Å². The van der Waals surface area contributed by atoms with Gasteiger partial charge in [0.1, 0.15) is 30.5 Å². The lowest BCUT2D eigenvalue weighted by Crippen LogP contribution is -2.09. The lowest BCUT2D eigenvalue weighted by atomic mass is 10.2. The lowest BCUT2D eigenvalue weighted by molar-refractivity contribution is 0.216. The van der Waals surface area contributed by atoms with Crippen LogP contribution in [0, 0.1) is 17.1 Å². The zero-order valence-electron chi connectivity index (χ0n) is 10.5. The maximum absolute atomic E-state index is 13.0. The highest BCUT2D eigenvalue weighted by molar-refractivity contribution is 9.10. The minimum atomic E-state index is -0.351. The summed E-state index contributed by atoms with van der Waals surface area (Å²) < 4.78 is 24.6. The van der Waals surface area contributed by atoms with Gasteiger partial charge in [-0.1, -0.05) is 0 Å². The van der Waals surface area contributed by atoms with Crippen molar-refractivity contribution in [3.8, 4) is 17.6 Å². The summed E-state index contributed by atoms with van der Waals surface area (Å²) in [7, 11) is 0. The number of rotatable bonds is 5. The Balaban J connectivity index is 1.81. The van der Waals surface area contributed by atoms with Gasteiger partial charge in [0.25, 0.3) is 0 Å². The maximum atomic E-state index is 13.0. The molecule has 0 aliphatic carbocycles. The van der Waals surface area contributed by atoms with Crippen molar-refractivity contribution >= 4 is 15.9 Å². The van der Waals surface area contributed by atoms with Crippen LogP contribution in [0.5, 0.6) is 11.5 Å². The fourth-order valence-electron chi connectivity index (χ4n) is 1.52. The van der Waals surface area contributed by atoms with Crippen molar-refractivity contribution in [1.29, 1.82) is 5.26 Å². The second-order valence-corrected chi connectivity index (χ2v) is 4.76. The topological polar surface area (TPSA) is 42.2 Å². The van der Waals surface area contributed by atoms with Crippen molar-refractivity contribution in [2.45, 2.75) is 0 Å². The highest BCUT2D eigenvalue weighted by Gasteiger charge is 2.03. The molecule has 0 saturated carbocycles. The van der Waals surface area contributed by atoms with Crippen LogP contribution in [0.15, 0.2) is 46.9 Å². The van der Waals surface area contributed by atoms with E-state index in [1.54, 1.807) is 30.3 Å². The van der Waals surface area contributed by atoms with E-state index in [0.29, 0.717) is 34.7 Å². The summed E-state index contributed by atoms with van der Waals surface area (Å²) in [6, 6.07) is 13.1. The number of halogens is 2. The van der Waals surface area contributed by atoms with Crippen LogP contribution in [0.25, 0.3) is 0 Å². The summed E-state index contributed by atoms with van der Waals surface area (Å²) >= 11 is 3.28. The lowest BCUT2D eigenvalue weighted by Gasteiger charge is -2.09. The Kier molecular flexibility index (Phi) is 4.97. The largest absolute Gasteiger partial charge is 0.490 e. The molecule has 0 aliphatic heterocycles. The first-order chi connectivity index (χ1) is 9.69. The molecule has 0 fully saturated rings. The number of hydrogen-bond donors (Lipinski definition) is 0. The van der Waals surface area contributed by atoms with E-state index in [2.05, 4.69) is 15.9 Å². The first-order valence-corrected chi connectivity index (χ1v) is 6.69. The molecule has 0 unspecified atom stereocenters. The van der Waals surface area contributed by atoms with Crippen molar-refractivity contribution < 1.29 is 13.9 Å². The summed E-state index contributed by atoms with van der Waals surface area (Å²) in [6.07, 6.45) is 0. The third-order valence-electron chi connectivity index (χ3n) is 2.49. The highest BCUT2D eigenvalue weighted by atomic mass is 79.9. The first kappa shape index (κ1) is 14.4. The molecule has 0 N–H and O–H groups in total. The fraction of sp³-hybridized carbons (Fsp3) is 0.133. The molecular weight excluding hydrogens is 325 g/mol. The minimum Gasteiger partial charge on any atom is -0.490 e. The summed E-state index contributed by atoms with van der Waals surface area (Å²) in [4.78, 5) is 0. The molecule has 0 aromatic heterocycles. The SMILES string of the molecule is N#Cc1ccc(OCCOc2cc(F)ccc2Br)cc1. The van der Waals surface area contributed by atoms with Gasteiger partial charge < -0.3 is 9.47 Å². The maximum Gasteiger partial charge on any atom is 0.136 e. The predicted molar refractivity (Wildman–Crippen MR) is 76.2 cm³/mol. The van der Waals surface area contributed by atoms with E-state index in [1.165, 1.54) is 12.1 Å². The molecule has 0 aliphatic rings. The Labute approximate surface area is 124 Å². The van der Waals surface area contributed by atoms with Gasteiger partial charge in [-0.15, -0.1) is 0 Å². The molecule has 0 saturated heterocycles. The monoisotopic (exact) mass is 335 g/mol. The van der Waals surface area contributed by atoms with Gasteiger partial charge >= 0.3 is 0 Å². The van der Waals surface area contributed by atoms with E-state index in [9.17, 15) is 4.39 Å². The number of benzene rings is 2. The molecular formula is C15H11BrFNO2. The average Bonchev–Trinajstić information content (AvgIpc) is 2.47. The molecule has 20 heavy (non-hydrogen) atoms. The van der Waals surface area contributed by atoms with E-state index >= 15 is 0 Å². The number of nitriles is 1. The third-order valence-corrected chi connectivity index (χ3v) is 3.14. The van der Waals surface area contributed by atoms with Crippen molar-refractivity contribution in [1.82, 2.24) is 0 Å². The van der Waals surface area contributed by atoms with Crippen LogP contribution in [0.2, 0.25) is 0 Å². The molecule has 0 bridgehead atoms. The molecule has 0 atom stereocenters. The summed E-state index contributed by atoms with van der Waals surface area (Å²) in [5.41, 5.74) is 0.581. The molecule has 5 heteroatoms. The van der Waals surface area contributed by atoms with Crippen molar-refractivity contribution in [3.63, 3.8) is 0 Å². The van der Waals surface area contributed by atoms with Gasteiger partial charge in [-0.2, -0.15) is 5.26 Å². The second-order valence-electron chi connectivity index (χ2n) is 3.91. The predicted octanol–water partition coefficient (Wildman–Crippen LogP) is 3.92. The van der Waals surface area contributed by atoms with Crippen molar-refractivity contribution in [3.05, 3.63) is 58.3 Å². The molecule has 0 amide bonds. The Morgan fingerprint density at radius 3 is 2.45 bits per heavy atom. The van der Waals surface area contributed by atoms with Crippen LogP contribution in [0.1, 0.15) is 5.56 Å². The first-order valence-electron chi connectivity index (χ1n) is 5.90. The van der Waals surface area contributed by atoms with Gasteiger partial charge in [0, 0.05) is 6.07 Å². The smallest absolute Gasteiger partial charge is 0.136 e. The van der Waals surface area contributed by atoms with E-state index < -0.39 is 0 Å². The van der Waals surface area contributed by atoms with E-state index in [-0.39, 0.29) is 5.82 Å². The van der Waals surface area contributed by atoms with Gasteiger partial charge in [-0.3, -0.25) is 0 Å². The van der Waals surface area contributed by atoms with Crippen LogP contribution in [-0.4, -0.2) is 13.2 Å². The molecule has 0 heterocycles. The van der Waals surface area contributed by atoms with Gasteiger partial charge in [0.05, 0.1) is 16.1 Å². The van der Waals surface area contributed by atoms with Gasteiger partial charge in [-0.05, 0) is 52.3 Å². The van der Waals surface area contributed by atoms with E-state index in [0.717, 1.165) is 0 Å². The molecule has 0 radical (unpaired) electrons. The number of ether oxygens (including phenoxy) is 2. The molecule has 0 spiro atoms. The van der Waals surface area contributed by atoms with Crippen molar-refractivity contribution in [2.24, 2.45) is 0 Å². The van der Waals surface area contributed by atoms with Crippen LogP contribution in [-0.2, 0) is 0 Å². The molecule has 3 nitrogen and oxygen atoms in total. The second kappa shape index (κ2) is 6.92. The summed E-state index contributed by atoms with van der Waals surface area (Å²) in [6.45, 7) is 0.622. The molecule has 2 aromatic carbocycles. The number of nitrogens with zero attached hydrogens (tertiary/aromatic N) is 1. The normalized spacial score (nSPS) is 9.85. The molecule has 102 valence electrons. The van der Waals surface area contributed by atoms with Crippen LogP contribution in [0.3, 0.4) is 0 Å². The summed E-state index contributed by atoms with van der Waals surface area (Å²) in [5.74, 6) is 0.746.